The molecule has 0 unspecified atom stereocenters. The second-order valence-electron chi connectivity index (χ2n) is 8.47. The van der Waals surface area contributed by atoms with Crippen LogP contribution in [0.25, 0.3) is 11.1 Å². The molecule has 0 aliphatic carbocycles. The van der Waals surface area contributed by atoms with Gasteiger partial charge in [0.05, 0.1) is 68.6 Å². The minimum absolute atomic E-state index is 0.0734. The smallest absolute Gasteiger partial charge is 0.287 e. The maximum atomic E-state index is 13.8. The fourth-order valence-electron chi connectivity index (χ4n) is 4.24. The average molecular weight is 698 g/mol. The number of ketones is 1. The summed E-state index contributed by atoms with van der Waals surface area (Å²) in [6.45, 7) is 0. The highest BCUT2D eigenvalue weighted by atomic mass is 35.5. The Balaban J connectivity index is 2.85. The van der Waals surface area contributed by atoms with Crippen molar-refractivity contribution in [2.24, 2.45) is 0 Å². The molecule has 0 N–H and O–H groups in total. The van der Waals surface area contributed by atoms with E-state index in [1.54, 1.807) is 0 Å². The summed E-state index contributed by atoms with van der Waals surface area (Å²) in [6, 6.07) is -0.625. The molecule has 0 amide bonds. The number of nitrogens with zero attached hydrogens (tertiary/aromatic N) is 9. The standard InChI is InChI=1S/C19H4ClN9O19/c20-16-11(27(43)44)4-9(25(39)40)14(18(16)29(47)48)13-8(24(37)38)3-10(26(41)42)15(17(13)28(45)46)19(30)12-6(22(33)34)1-5(21(31)32)2-7(12)23(35)36/h1-4H. The van der Waals surface area contributed by atoms with E-state index in [0.29, 0.717) is 0 Å². The highest BCUT2D eigenvalue weighted by Crippen LogP contribution is 2.55. The van der Waals surface area contributed by atoms with Crippen molar-refractivity contribution in [1.29, 1.82) is 0 Å². The molecule has 0 saturated carbocycles. The molecule has 246 valence electrons. The van der Waals surface area contributed by atoms with Crippen LogP contribution >= 0.6 is 11.6 Å². The van der Waals surface area contributed by atoms with E-state index in [9.17, 15) is 95.8 Å². The number of nitro benzene ring substituents is 9. The molecule has 29 heteroatoms. The average Bonchev–Trinajstić information content (AvgIpc) is 2.97. The zero-order valence-corrected chi connectivity index (χ0v) is 22.7. The summed E-state index contributed by atoms with van der Waals surface area (Å²) in [5.74, 6) is -2.48. The van der Waals surface area contributed by atoms with Crippen LogP contribution in [0.2, 0.25) is 5.02 Å². The molecular formula is C19H4ClN9O19. The van der Waals surface area contributed by atoms with E-state index >= 15 is 0 Å². The molecular weight excluding hydrogens is 694 g/mol. The number of hydrogen-bond acceptors (Lipinski definition) is 19. The van der Waals surface area contributed by atoms with E-state index in [1.807, 2.05) is 0 Å². The Kier molecular flexibility index (Phi) is 8.90. The molecule has 0 bridgehead atoms. The van der Waals surface area contributed by atoms with Gasteiger partial charge >= 0.3 is 17.1 Å². The van der Waals surface area contributed by atoms with Gasteiger partial charge in [0, 0.05) is 0 Å². The van der Waals surface area contributed by atoms with Crippen LogP contribution in [0.4, 0.5) is 51.2 Å². The normalized spacial score (nSPS) is 10.5. The third-order valence-electron chi connectivity index (χ3n) is 6.00. The van der Waals surface area contributed by atoms with Crippen molar-refractivity contribution in [3.8, 4) is 11.1 Å². The first kappa shape index (κ1) is 34.7. The number of carbonyl (C=O) groups excluding carboxylic acids is 1. The van der Waals surface area contributed by atoms with Gasteiger partial charge in [0.1, 0.15) is 0 Å². The molecule has 0 heterocycles. The predicted molar refractivity (Wildman–Crippen MR) is 147 cm³/mol. The molecule has 3 aromatic carbocycles. The Morgan fingerprint density at radius 2 is 0.750 bits per heavy atom. The number of carbonyl (C=O) groups is 1. The van der Waals surface area contributed by atoms with E-state index in [0.717, 1.165) is 0 Å². The van der Waals surface area contributed by atoms with Gasteiger partial charge < -0.3 is 0 Å². The molecule has 0 aromatic heterocycles. The lowest BCUT2D eigenvalue weighted by atomic mass is 9.89. The van der Waals surface area contributed by atoms with Gasteiger partial charge in [0.15, 0.2) is 27.3 Å². The van der Waals surface area contributed by atoms with Gasteiger partial charge in [0.2, 0.25) is 5.78 Å². The molecule has 0 fully saturated rings. The molecule has 0 saturated heterocycles. The Labute approximate surface area is 260 Å². The van der Waals surface area contributed by atoms with Crippen molar-refractivity contribution in [2.75, 3.05) is 0 Å². The lowest BCUT2D eigenvalue weighted by Gasteiger charge is -2.11. The fraction of sp³-hybridized carbons (Fsp3) is 0. The van der Waals surface area contributed by atoms with Gasteiger partial charge in [-0.2, -0.15) is 0 Å². The van der Waals surface area contributed by atoms with Crippen LogP contribution in [-0.4, -0.2) is 50.1 Å². The third-order valence-corrected chi connectivity index (χ3v) is 6.37. The van der Waals surface area contributed by atoms with Gasteiger partial charge in [-0.3, -0.25) is 95.8 Å². The Morgan fingerprint density at radius 1 is 0.417 bits per heavy atom. The number of benzene rings is 3. The minimum Gasteiger partial charge on any atom is -0.287 e. The molecule has 3 rings (SSSR count). The van der Waals surface area contributed by atoms with Gasteiger partial charge in [0.25, 0.3) is 34.1 Å². The van der Waals surface area contributed by atoms with Crippen molar-refractivity contribution in [2.45, 2.75) is 0 Å². The molecule has 0 spiro atoms. The molecule has 0 atom stereocenters. The van der Waals surface area contributed by atoms with Crippen molar-refractivity contribution < 1.29 is 49.1 Å². The van der Waals surface area contributed by atoms with Crippen LogP contribution in [0.1, 0.15) is 15.9 Å². The molecule has 28 nitrogen and oxygen atoms in total. The van der Waals surface area contributed by atoms with Gasteiger partial charge in [-0.15, -0.1) is 0 Å². The first-order valence-corrected chi connectivity index (χ1v) is 11.6. The van der Waals surface area contributed by atoms with Crippen molar-refractivity contribution in [3.63, 3.8) is 0 Å². The number of non-ortho nitro benzene ring substituents is 1. The van der Waals surface area contributed by atoms with Crippen LogP contribution < -0.4 is 0 Å². The Bertz CT molecular complexity index is 2100. The molecule has 0 aliphatic rings. The highest BCUT2D eigenvalue weighted by molar-refractivity contribution is 6.36. The summed E-state index contributed by atoms with van der Waals surface area (Å²) >= 11 is 5.70. The third kappa shape index (κ3) is 5.72. The fourth-order valence-corrected chi connectivity index (χ4v) is 4.53. The lowest BCUT2D eigenvalue weighted by Crippen LogP contribution is -2.15. The number of rotatable bonds is 12. The second-order valence-corrected chi connectivity index (χ2v) is 8.85. The summed E-state index contributed by atoms with van der Waals surface area (Å²) in [6.07, 6.45) is 0. The van der Waals surface area contributed by atoms with Crippen molar-refractivity contribution in [3.05, 3.63) is 131 Å². The van der Waals surface area contributed by atoms with Crippen LogP contribution in [0.3, 0.4) is 0 Å². The Morgan fingerprint density at radius 3 is 1.08 bits per heavy atom. The van der Waals surface area contributed by atoms with Crippen molar-refractivity contribution >= 4 is 68.6 Å². The summed E-state index contributed by atoms with van der Waals surface area (Å²) in [5, 5.41) is 105. The van der Waals surface area contributed by atoms with Gasteiger partial charge in [-0.05, 0) is 0 Å². The first-order chi connectivity index (χ1) is 22.1. The lowest BCUT2D eigenvalue weighted by molar-refractivity contribution is -0.405. The highest BCUT2D eigenvalue weighted by Gasteiger charge is 2.49. The van der Waals surface area contributed by atoms with E-state index in [4.69, 9.17) is 11.6 Å². The van der Waals surface area contributed by atoms with E-state index in [-0.39, 0.29) is 24.3 Å². The minimum atomic E-state index is -2.48. The summed E-state index contributed by atoms with van der Waals surface area (Å²) in [4.78, 5) is 105. The van der Waals surface area contributed by atoms with Crippen LogP contribution in [0.15, 0.2) is 24.3 Å². The SMILES string of the molecule is O=C(c1c([N+](=O)[O-])cc([N+](=O)[O-])cc1[N+](=O)[O-])c1c([N+](=O)[O-])cc([N+](=O)[O-])c(-c2c([N+](=O)[O-])cc([N+](=O)[O-])c(Cl)c2[N+](=O)[O-])c1[N+](=O)[O-]. The quantitative estimate of drug-likeness (QED) is 0.143. The monoisotopic (exact) mass is 697 g/mol. The molecule has 3 aromatic rings. The predicted octanol–water partition coefficient (Wildman–Crippen LogP) is 4.41. The number of halogens is 1. The summed E-state index contributed by atoms with van der Waals surface area (Å²) in [7, 11) is 0. The van der Waals surface area contributed by atoms with E-state index in [1.165, 1.54) is 0 Å². The molecule has 0 radical (unpaired) electrons. The van der Waals surface area contributed by atoms with Crippen LogP contribution in [-0.2, 0) is 0 Å². The number of hydrogen-bond donors (Lipinski definition) is 0. The molecule has 48 heavy (non-hydrogen) atoms. The van der Waals surface area contributed by atoms with Crippen LogP contribution in [0, 0.1) is 91.0 Å². The second kappa shape index (κ2) is 12.3. The topological polar surface area (TPSA) is 405 Å². The van der Waals surface area contributed by atoms with Gasteiger partial charge in [-0.25, -0.2) is 0 Å². The zero-order valence-electron chi connectivity index (χ0n) is 22.0. The Hall–Kier alpha value is -7.78. The van der Waals surface area contributed by atoms with E-state index in [2.05, 4.69) is 0 Å². The maximum Gasteiger partial charge on any atom is 0.310 e. The summed E-state index contributed by atoms with van der Waals surface area (Å²) < 4.78 is 0. The maximum absolute atomic E-state index is 13.8. The summed E-state index contributed by atoms with van der Waals surface area (Å²) in [5.41, 5.74) is -25.0. The number of nitro groups is 9. The zero-order chi connectivity index (χ0) is 36.7. The van der Waals surface area contributed by atoms with Crippen molar-refractivity contribution in [1.82, 2.24) is 0 Å². The van der Waals surface area contributed by atoms with Gasteiger partial charge in [-0.1, -0.05) is 11.6 Å². The van der Waals surface area contributed by atoms with Crippen LogP contribution in [0.5, 0.6) is 0 Å². The largest absolute Gasteiger partial charge is 0.310 e. The van der Waals surface area contributed by atoms with E-state index < -0.39 is 129 Å². The molecule has 0 aliphatic heterocycles. The first-order valence-electron chi connectivity index (χ1n) is 11.3.